The van der Waals surface area contributed by atoms with E-state index in [0.717, 1.165) is 38.5 Å². The first-order valence-electron chi connectivity index (χ1n) is 9.79. The van der Waals surface area contributed by atoms with Gasteiger partial charge in [0, 0.05) is 40.5 Å². The molecule has 0 saturated heterocycles. The zero-order valence-corrected chi connectivity index (χ0v) is 18.6. The maximum Gasteiger partial charge on any atom is 0.500 e. The minimum Gasteiger partial charge on any atom is -0.450 e. The van der Waals surface area contributed by atoms with Gasteiger partial charge in [-0.25, -0.2) is 9.59 Å². The fourth-order valence-corrected chi connectivity index (χ4v) is 4.22. The summed E-state index contributed by atoms with van der Waals surface area (Å²) in [5, 5.41) is 5.19. The molecule has 28 heavy (non-hydrogen) atoms. The van der Waals surface area contributed by atoms with Gasteiger partial charge in [0.15, 0.2) is 0 Å². The first-order valence-corrected chi connectivity index (χ1v) is 11.7. The second-order valence-corrected chi connectivity index (χ2v) is 9.24. The summed E-state index contributed by atoms with van der Waals surface area (Å²) in [5.74, 6) is 0. The highest BCUT2D eigenvalue weighted by Gasteiger charge is 2.36. The molecular weight excluding hydrogens is 384 g/mol. The molecule has 165 valence electrons. The number of carbonyl (C=O) groups is 2. The molecule has 0 aliphatic carbocycles. The average Bonchev–Trinajstić information content (AvgIpc) is 2.70. The molecule has 2 amide bonds. The van der Waals surface area contributed by atoms with Crippen molar-refractivity contribution in [3.05, 3.63) is 6.92 Å². The third-order valence-corrected chi connectivity index (χ3v) is 6.97. The van der Waals surface area contributed by atoms with Crippen molar-refractivity contribution in [3.8, 4) is 0 Å². The van der Waals surface area contributed by atoms with Crippen LogP contribution in [0.5, 0.6) is 0 Å². The third-order valence-electron chi connectivity index (χ3n) is 4.14. The van der Waals surface area contributed by atoms with E-state index in [-0.39, 0.29) is 0 Å². The Morgan fingerprint density at radius 1 is 0.750 bits per heavy atom. The second-order valence-electron chi connectivity index (χ2n) is 6.15. The molecule has 0 atom stereocenters. The maximum absolute atomic E-state index is 11.6. The molecule has 0 fully saturated rings. The Bertz CT molecular complexity index is 401. The summed E-state index contributed by atoms with van der Waals surface area (Å²) >= 11 is 0. The van der Waals surface area contributed by atoms with Crippen molar-refractivity contribution in [1.29, 1.82) is 0 Å². The molecule has 0 spiro atoms. The number of nitrogens with one attached hydrogen (secondary N) is 2. The Hall–Kier alpha value is -1.36. The first-order chi connectivity index (χ1) is 13.5. The van der Waals surface area contributed by atoms with Gasteiger partial charge in [-0.1, -0.05) is 25.7 Å². The predicted molar refractivity (Wildman–Crippen MR) is 108 cm³/mol. The maximum atomic E-state index is 11.6. The van der Waals surface area contributed by atoms with Gasteiger partial charge < -0.3 is 33.4 Å². The molecule has 0 bridgehead atoms. The predicted octanol–water partition coefficient (Wildman–Crippen LogP) is 2.88. The van der Waals surface area contributed by atoms with Gasteiger partial charge in [-0.15, -0.1) is 0 Å². The zero-order valence-electron chi connectivity index (χ0n) is 17.6. The second kappa shape index (κ2) is 17.7. The van der Waals surface area contributed by atoms with E-state index in [0.29, 0.717) is 38.8 Å². The number of hydrogen-bond acceptors (Lipinski definition) is 7. The molecule has 10 heteroatoms. The SMILES string of the molecule is [CH2]CNC(=O)OCCCCCCCCOC(=O)NCCC[Si](OC)(OC)OC. The van der Waals surface area contributed by atoms with Crippen molar-refractivity contribution >= 4 is 21.0 Å². The van der Waals surface area contributed by atoms with Gasteiger partial charge in [-0.3, -0.25) is 0 Å². The number of rotatable bonds is 17. The lowest BCUT2D eigenvalue weighted by Crippen LogP contribution is -2.43. The third kappa shape index (κ3) is 13.8. The summed E-state index contributed by atoms with van der Waals surface area (Å²) < 4.78 is 26.1. The monoisotopic (exact) mass is 421 g/mol. The minimum atomic E-state index is -2.57. The number of unbranched alkanes of at least 4 members (excludes halogenated alkanes) is 5. The lowest BCUT2D eigenvalue weighted by atomic mass is 10.1. The first kappa shape index (κ1) is 26.6. The number of amides is 2. The van der Waals surface area contributed by atoms with Crippen LogP contribution >= 0.6 is 0 Å². The van der Waals surface area contributed by atoms with Crippen molar-refractivity contribution in [2.24, 2.45) is 0 Å². The van der Waals surface area contributed by atoms with Crippen molar-refractivity contribution in [3.63, 3.8) is 0 Å². The Kier molecular flexibility index (Phi) is 16.9. The molecular formula is C18H37N2O7Si. The number of alkyl carbamates (subject to hydrolysis) is 2. The van der Waals surface area contributed by atoms with Crippen LogP contribution in [-0.4, -0.2) is 68.6 Å². The van der Waals surface area contributed by atoms with E-state index in [1.165, 1.54) is 0 Å². The molecule has 0 aromatic carbocycles. The van der Waals surface area contributed by atoms with E-state index < -0.39 is 21.0 Å². The van der Waals surface area contributed by atoms with Crippen LogP contribution in [-0.2, 0) is 22.8 Å². The minimum absolute atomic E-state index is 0.330. The standard InChI is InChI=1S/C18H37N2O7Si/c1-5-19-17(21)26-14-10-8-6-7-9-11-15-27-18(22)20-13-12-16-28(23-2,24-3)25-4/h1,5-16H2,2-4H3,(H,19,21)(H,20,22). The van der Waals surface area contributed by atoms with E-state index in [1.54, 1.807) is 21.3 Å². The van der Waals surface area contributed by atoms with Gasteiger partial charge in [0.25, 0.3) is 0 Å². The molecule has 0 aliphatic heterocycles. The van der Waals surface area contributed by atoms with Crippen LogP contribution in [0.25, 0.3) is 0 Å². The summed E-state index contributed by atoms with van der Waals surface area (Å²) in [6, 6.07) is 0.627. The van der Waals surface area contributed by atoms with Crippen LogP contribution in [0.4, 0.5) is 9.59 Å². The molecule has 0 heterocycles. The molecule has 0 saturated carbocycles. The molecule has 0 unspecified atom stereocenters. The topological polar surface area (TPSA) is 104 Å². The lowest BCUT2D eigenvalue weighted by Gasteiger charge is -2.24. The Labute approximate surface area is 170 Å². The molecule has 9 nitrogen and oxygen atoms in total. The molecule has 0 aromatic rings. The lowest BCUT2D eigenvalue weighted by molar-refractivity contribution is 0.122. The normalized spacial score (nSPS) is 11.1. The highest BCUT2D eigenvalue weighted by Crippen LogP contribution is 2.14. The summed E-state index contributed by atoms with van der Waals surface area (Å²) in [4.78, 5) is 22.7. The van der Waals surface area contributed by atoms with Crippen LogP contribution in [0, 0.1) is 6.92 Å². The number of ether oxygens (including phenoxy) is 2. The van der Waals surface area contributed by atoms with Gasteiger partial charge in [-0.05, 0) is 26.2 Å². The highest BCUT2D eigenvalue weighted by molar-refractivity contribution is 6.60. The van der Waals surface area contributed by atoms with Crippen molar-refractivity contribution in [2.45, 2.75) is 51.0 Å². The molecule has 0 rings (SSSR count). The Balaban J connectivity index is 3.45. The fraction of sp³-hybridized carbons (Fsp3) is 0.833. The molecule has 1 radical (unpaired) electrons. The summed E-state index contributed by atoms with van der Waals surface area (Å²) in [5.41, 5.74) is 0. The van der Waals surface area contributed by atoms with Gasteiger partial charge in [-0.2, -0.15) is 0 Å². The van der Waals surface area contributed by atoms with E-state index >= 15 is 0 Å². The van der Waals surface area contributed by atoms with Crippen molar-refractivity contribution < 1.29 is 32.3 Å². The Morgan fingerprint density at radius 3 is 1.68 bits per heavy atom. The number of hydrogen-bond donors (Lipinski definition) is 2. The quantitative estimate of drug-likeness (QED) is 0.275. The van der Waals surface area contributed by atoms with Gasteiger partial charge in [0.2, 0.25) is 0 Å². The van der Waals surface area contributed by atoms with Crippen molar-refractivity contribution in [1.82, 2.24) is 10.6 Å². The molecule has 0 aromatic heterocycles. The van der Waals surface area contributed by atoms with Crippen LogP contribution < -0.4 is 10.6 Å². The van der Waals surface area contributed by atoms with E-state index in [1.807, 2.05) is 0 Å². The van der Waals surface area contributed by atoms with E-state index in [2.05, 4.69) is 17.6 Å². The summed E-state index contributed by atoms with van der Waals surface area (Å²) in [6.45, 7) is 5.16. The summed E-state index contributed by atoms with van der Waals surface area (Å²) in [7, 11) is 2.13. The van der Waals surface area contributed by atoms with Gasteiger partial charge in [0.05, 0.1) is 13.2 Å². The molecule has 2 N–H and O–H groups in total. The summed E-state index contributed by atoms with van der Waals surface area (Å²) in [6.07, 6.45) is 5.70. The van der Waals surface area contributed by atoms with Gasteiger partial charge in [0.1, 0.15) is 0 Å². The van der Waals surface area contributed by atoms with Gasteiger partial charge >= 0.3 is 21.0 Å². The smallest absolute Gasteiger partial charge is 0.450 e. The number of carbonyl (C=O) groups excluding carboxylic acids is 2. The average molecular weight is 422 g/mol. The van der Waals surface area contributed by atoms with Crippen LogP contribution in [0.2, 0.25) is 6.04 Å². The van der Waals surface area contributed by atoms with E-state index in [9.17, 15) is 9.59 Å². The fourth-order valence-electron chi connectivity index (χ4n) is 2.50. The van der Waals surface area contributed by atoms with E-state index in [4.69, 9.17) is 22.8 Å². The van der Waals surface area contributed by atoms with Crippen LogP contribution in [0.3, 0.4) is 0 Å². The Morgan fingerprint density at radius 2 is 1.21 bits per heavy atom. The van der Waals surface area contributed by atoms with Crippen LogP contribution in [0.1, 0.15) is 44.9 Å². The van der Waals surface area contributed by atoms with Crippen molar-refractivity contribution in [2.75, 3.05) is 47.6 Å². The zero-order chi connectivity index (χ0) is 21.1. The molecule has 0 aliphatic rings. The van der Waals surface area contributed by atoms with Crippen LogP contribution in [0.15, 0.2) is 0 Å². The largest absolute Gasteiger partial charge is 0.500 e. The highest BCUT2D eigenvalue weighted by atomic mass is 28.4.